The Morgan fingerprint density at radius 3 is 2.57 bits per heavy atom. The standard InChI is InChI=1S/C17H19ClN2O/c1-10-4-5-11(2)14(8-10)12(3)20-16-9-13(17(19)21)6-7-15(16)18/h4-9,12,20H,1-3H3,(H2,19,21). The summed E-state index contributed by atoms with van der Waals surface area (Å²) in [5, 5.41) is 3.92. The third kappa shape index (κ3) is 3.56. The van der Waals surface area contributed by atoms with Crippen LogP contribution in [0.25, 0.3) is 0 Å². The molecule has 0 saturated heterocycles. The van der Waals surface area contributed by atoms with Crippen molar-refractivity contribution in [2.24, 2.45) is 5.73 Å². The van der Waals surface area contributed by atoms with Crippen molar-refractivity contribution in [3.63, 3.8) is 0 Å². The number of carbonyl (C=O) groups is 1. The second-order valence-corrected chi connectivity index (χ2v) is 5.69. The van der Waals surface area contributed by atoms with Crippen molar-refractivity contribution < 1.29 is 4.79 Å². The number of hydrogen-bond donors (Lipinski definition) is 2. The molecular weight excluding hydrogens is 284 g/mol. The minimum Gasteiger partial charge on any atom is -0.377 e. The molecule has 2 rings (SSSR count). The lowest BCUT2D eigenvalue weighted by Gasteiger charge is -2.19. The summed E-state index contributed by atoms with van der Waals surface area (Å²) in [6.07, 6.45) is 0. The maximum atomic E-state index is 11.3. The van der Waals surface area contributed by atoms with Crippen LogP contribution in [0.5, 0.6) is 0 Å². The molecule has 2 aromatic rings. The summed E-state index contributed by atoms with van der Waals surface area (Å²) in [6, 6.07) is 11.4. The minimum absolute atomic E-state index is 0.0746. The number of anilines is 1. The molecule has 0 heterocycles. The summed E-state index contributed by atoms with van der Waals surface area (Å²) in [5.74, 6) is -0.464. The van der Waals surface area contributed by atoms with Gasteiger partial charge in [-0.25, -0.2) is 0 Å². The van der Waals surface area contributed by atoms with Crippen molar-refractivity contribution in [2.75, 3.05) is 5.32 Å². The normalized spacial score (nSPS) is 12.0. The van der Waals surface area contributed by atoms with Gasteiger partial charge in [0.05, 0.1) is 10.7 Å². The molecule has 4 heteroatoms. The molecule has 0 fully saturated rings. The Hall–Kier alpha value is -2.00. The molecule has 0 aromatic heterocycles. The molecule has 1 unspecified atom stereocenters. The number of aryl methyl sites for hydroxylation is 2. The first-order valence-corrected chi connectivity index (χ1v) is 7.19. The number of amides is 1. The van der Waals surface area contributed by atoms with Crippen LogP contribution < -0.4 is 11.1 Å². The van der Waals surface area contributed by atoms with Gasteiger partial charge < -0.3 is 11.1 Å². The van der Waals surface area contributed by atoms with Gasteiger partial charge in [0.1, 0.15) is 0 Å². The second kappa shape index (κ2) is 6.19. The smallest absolute Gasteiger partial charge is 0.248 e. The number of rotatable bonds is 4. The maximum absolute atomic E-state index is 11.3. The summed E-state index contributed by atoms with van der Waals surface area (Å²) in [5.41, 5.74) is 10.1. The predicted octanol–water partition coefficient (Wildman–Crippen LogP) is 4.23. The molecule has 1 atom stereocenters. The van der Waals surface area contributed by atoms with Crippen molar-refractivity contribution in [1.82, 2.24) is 0 Å². The Morgan fingerprint density at radius 1 is 1.19 bits per heavy atom. The number of hydrogen-bond acceptors (Lipinski definition) is 2. The van der Waals surface area contributed by atoms with E-state index in [4.69, 9.17) is 17.3 Å². The van der Waals surface area contributed by atoms with Crippen molar-refractivity contribution in [3.05, 3.63) is 63.7 Å². The first-order chi connectivity index (χ1) is 9.88. The van der Waals surface area contributed by atoms with E-state index in [0.717, 1.165) is 0 Å². The van der Waals surface area contributed by atoms with E-state index in [9.17, 15) is 4.79 Å². The topological polar surface area (TPSA) is 55.1 Å². The molecule has 21 heavy (non-hydrogen) atoms. The van der Waals surface area contributed by atoms with Crippen LogP contribution in [-0.2, 0) is 0 Å². The van der Waals surface area contributed by atoms with Gasteiger partial charge in [0, 0.05) is 11.6 Å². The maximum Gasteiger partial charge on any atom is 0.248 e. The fourth-order valence-electron chi connectivity index (χ4n) is 2.33. The summed E-state index contributed by atoms with van der Waals surface area (Å²) >= 11 is 6.19. The summed E-state index contributed by atoms with van der Waals surface area (Å²) < 4.78 is 0. The fourth-order valence-corrected chi connectivity index (χ4v) is 2.50. The zero-order chi connectivity index (χ0) is 15.6. The van der Waals surface area contributed by atoms with Gasteiger partial charge in [-0.1, -0.05) is 35.4 Å². The lowest BCUT2D eigenvalue weighted by Crippen LogP contribution is -2.13. The van der Waals surface area contributed by atoms with Crippen LogP contribution in [0.1, 0.15) is 40.0 Å². The van der Waals surface area contributed by atoms with E-state index >= 15 is 0 Å². The minimum atomic E-state index is -0.464. The molecule has 0 bridgehead atoms. The van der Waals surface area contributed by atoms with E-state index in [1.54, 1.807) is 18.2 Å². The second-order valence-electron chi connectivity index (χ2n) is 5.28. The number of primary amides is 1. The van der Waals surface area contributed by atoms with E-state index in [-0.39, 0.29) is 6.04 Å². The monoisotopic (exact) mass is 302 g/mol. The Balaban J connectivity index is 2.31. The van der Waals surface area contributed by atoms with Gasteiger partial charge in [-0.05, 0) is 50.1 Å². The highest BCUT2D eigenvalue weighted by atomic mass is 35.5. The third-order valence-corrected chi connectivity index (χ3v) is 3.85. The molecule has 0 aliphatic carbocycles. The van der Waals surface area contributed by atoms with Crippen LogP contribution in [0.2, 0.25) is 5.02 Å². The van der Waals surface area contributed by atoms with E-state index < -0.39 is 5.91 Å². The lowest BCUT2D eigenvalue weighted by molar-refractivity contribution is 0.100. The largest absolute Gasteiger partial charge is 0.377 e. The summed E-state index contributed by atoms with van der Waals surface area (Å²) in [7, 11) is 0. The molecule has 0 radical (unpaired) electrons. The van der Waals surface area contributed by atoms with Crippen molar-refractivity contribution in [2.45, 2.75) is 26.8 Å². The Kier molecular flexibility index (Phi) is 4.53. The third-order valence-electron chi connectivity index (χ3n) is 3.52. The van der Waals surface area contributed by atoms with Crippen LogP contribution in [0.15, 0.2) is 36.4 Å². The van der Waals surface area contributed by atoms with Crippen LogP contribution >= 0.6 is 11.6 Å². The van der Waals surface area contributed by atoms with E-state index in [1.807, 2.05) is 0 Å². The molecule has 3 nitrogen and oxygen atoms in total. The van der Waals surface area contributed by atoms with E-state index in [2.05, 4.69) is 44.3 Å². The average molecular weight is 303 g/mol. The zero-order valence-electron chi connectivity index (χ0n) is 12.4. The Morgan fingerprint density at radius 2 is 1.90 bits per heavy atom. The SMILES string of the molecule is Cc1ccc(C)c(C(C)Nc2cc(C(N)=O)ccc2Cl)c1. The fraction of sp³-hybridized carbons (Fsp3) is 0.235. The number of carbonyl (C=O) groups excluding carboxylic acids is 1. The Labute approximate surface area is 130 Å². The summed E-state index contributed by atoms with van der Waals surface area (Å²) in [4.78, 5) is 11.3. The van der Waals surface area contributed by atoms with Crippen molar-refractivity contribution in [1.29, 1.82) is 0 Å². The highest BCUT2D eigenvalue weighted by Crippen LogP contribution is 2.28. The molecule has 0 aliphatic heterocycles. The van der Waals surface area contributed by atoms with Gasteiger partial charge in [0.2, 0.25) is 5.91 Å². The van der Waals surface area contributed by atoms with Gasteiger partial charge >= 0.3 is 0 Å². The lowest BCUT2D eigenvalue weighted by atomic mass is 9.99. The zero-order valence-corrected chi connectivity index (χ0v) is 13.2. The van der Waals surface area contributed by atoms with Gasteiger partial charge in [0.25, 0.3) is 0 Å². The molecule has 0 aliphatic rings. The summed E-state index contributed by atoms with van der Waals surface area (Å²) in [6.45, 7) is 6.21. The van der Waals surface area contributed by atoms with Gasteiger partial charge in [-0.3, -0.25) is 4.79 Å². The number of halogens is 1. The van der Waals surface area contributed by atoms with Gasteiger partial charge in [0.15, 0.2) is 0 Å². The van der Waals surface area contributed by atoms with Crippen LogP contribution in [0, 0.1) is 13.8 Å². The molecule has 2 aromatic carbocycles. The van der Waals surface area contributed by atoms with Crippen LogP contribution in [0.3, 0.4) is 0 Å². The van der Waals surface area contributed by atoms with E-state index in [0.29, 0.717) is 16.3 Å². The van der Waals surface area contributed by atoms with Crippen LogP contribution in [-0.4, -0.2) is 5.91 Å². The van der Waals surface area contributed by atoms with Crippen molar-refractivity contribution >= 4 is 23.2 Å². The first kappa shape index (κ1) is 15.4. The number of nitrogens with two attached hydrogens (primary N) is 1. The molecule has 110 valence electrons. The van der Waals surface area contributed by atoms with Gasteiger partial charge in [-0.15, -0.1) is 0 Å². The highest BCUT2D eigenvalue weighted by Gasteiger charge is 2.12. The highest BCUT2D eigenvalue weighted by molar-refractivity contribution is 6.33. The van der Waals surface area contributed by atoms with E-state index in [1.165, 1.54) is 16.7 Å². The molecule has 0 spiro atoms. The molecule has 3 N–H and O–H groups in total. The molecular formula is C17H19ClN2O. The molecule has 0 saturated carbocycles. The number of nitrogens with one attached hydrogen (secondary N) is 1. The quantitative estimate of drug-likeness (QED) is 0.888. The number of benzene rings is 2. The average Bonchev–Trinajstić information content (AvgIpc) is 2.43. The first-order valence-electron chi connectivity index (χ1n) is 6.81. The van der Waals surface area contributed by atoms with Gasteiger partial charge in [-0.2, -0.15) is 0 Å². The Bertz CT molecular complexity index is 682. The molecule has 1 amide bonds. The van der Waals surface area contributed by atoms with Crippen molar-refractivity contribution in [3.8, 4) is 0 Å². The predicted molar refractivity (Wildman–Crippen MR) is 87.9 cm³/mol. The van der Waals surface area contributed by atoms with Crippen LogP contribution in [0.4, 0.5) is 5.69 Å².